The number of nitrogens with one attached hydrogen (secondary N) is 1. The van der Waals surface area contributed by atoms with Gasteiger partial charge in [-0.1, -0.05) is 29.8 Å². The number of carbonyl (C=O) groups is 1. The predicted octanol–water partition coefficient (Wildman–Crippen LogP) is 6.65. The molecule has 0 radical (unpaired) electrons. The zero-order valence-corrected chi connectivity index (χ0v) is 18.1. The zero-order chi connectivity index (χ0) is 22.8. The predicted molar refractivity (Wildman–Crippen MR) is 118 cm³/mol. The summed E-state index contributed by atoms with van der Waals surface area (Å²) in [5.41, 5.74) is 2.74. The van der Waals surface area contributed by atoms with Gasteiger partial charge in [0.15, 0.2) is 0 Å². The number of hydrogen-bond acceptors (Lipinski definition) is 2. The summed E-state index contributed by atoms with van der Waals surface area (Å²) >= 11 is 6.09. The SMILES string of the molecule is Cc1ccc(NC(=O)c2cc(CN(C)C)cc(C(F)(F)F)c2)cc1-c1cccc(Cl)c1. The molecule has 0 aliphatic rings. The molecule has 0 heterocycles. The Morgan fingerprint density at radius 3 is 2.42 bits per heavy atom. The van der Waals surface area contributed by atoms with E-state index in [0.717, 1.165) is 28.8 Å². The van der Waals surface area contributed by atoms with Gasteiger partial charge in [0.1, 0.15) is 0 Å². The number of anilines is 1. The molecule has 3 rings (SSSR count). The van der Waals surface area contributed by atoms with Gasteiger partial charge in [0.05, 0.1) is 5.56 Å². The number of nitrogens with zero attached hydrogens (tertiary/aromatic N) is 1. The molecule has 0 aromatic heterocycles. The Hall–Kier alpha value is -2.83. The third-order valence-corrected chi connectivity index (χ3v) is 4.95. The van der Waals surface area contributed by atoms with Crippen molar-refractivity contribution < 1.29 is 18.0 Å². The highest BCUT2D eigenvalue weighted by atomic mass is 35.5. The molecule has 0 unspecified atom stereocenters. The molecule has 0 saturated carbocycles. The Kier molecular flexibility index (Phi) is 6.72. The van der Waals surface area contributed by atoms with Crippen molar-refractivity contribution in [2.24, 2.45) is 0 Å². The third kappa shape index (κ3) is 5.87. The zero-order valence-electron chi connectivity index (χ0n) is 17.3. The fourth-order valence-corrected chi connectivity index (χ4v) is 3.50. The Labute approximate surface area is 184 Å². The molecule has 0 saturated heterocycles. The summed E-state index contributed by atoms with van der Waals surface area (Å²) in [5, 5.41) is 3.30. The normalized spacial score (nSPS) is 11.6. The van der Waals surface area contributed by atoms with Crippen LogP contribution in [0, 0.1) is 6.92 Å². The lowest BCUT2D eigenvalue weighted by atomic mass is 9.99. The Bertz CT molecular complexity index is 1110. The minimum Gasteiger partial charge on any atom is -0.322 e. The number of amides is 1. The fourth-order valence-electron chi connectivity index (χ4n) is 3.31. The van der Waals surface area contributed by atoms with Crippen LogP contribution >= 0.6 is 11.6 Å². The Morgan fingerprint density at radius 2 is 1.77 bits per heavy atom. The summed E-state index contributed by atoms with van der Waals surface area (Å²) in [6, 6.07) is 16.1. The van der Waals surface area contributed by atoms with Crippen molar-refractivity contribution in [2.75, 3.05) is 19.4 Å². The average Bonchev–Trinajstić information content (AvgIpc) is 2.68. The van der Waals surface area contributed by atoms with Gasteiger partial charge in [-0.3, -0.25) is 4.79 Å². The lowest BCUT2D eigenvalue weighted by Gasteiger charge is -2.15. The van der Waals surface area contributed by atoms with Crippen LogP contribution < -0.4 is 5.32 Å². The molecule has 3 aromatic rings. The van der Waals surface area contributed by atoms with Crippen LogP contribution in [0.2, 0.25) is 5.02 Å². The maximum Gasteiger partial charge on any atom is 0.416 e. The van der Waals surface area contributed by atoms with E-state index in [0.29, 0.717) is 16.3 Å². The monoisotopic (exact) mass is 446 g/mol. The first-order chi connectivity index (χ1) is 14.5. The van der Waals surface area contributed by atoms with Crippen molar-refractivity contribution in [2.45, 2.75) is 19.6 Å². The van der Waals surface area contributed by atoms with E-state index in [2.05, 4.69) is 5.32 Å². The minimum absolute atomic E-state index is 0.0449. The largest absolute Gasteiger partial charge is 0.416 e. The van der Waals surface area contributed by atoms with Gasteiger partial charge < -0.3 is 10.2 Å². The number of benzene rings is 3. The molecule has 1 N–H and O–H groups in total. The molecule has 162 valence electrons. The van der Waals surface area contributed by atoms with Crippen LogP contribution in [0.4, 0.5) is 18.9 Å². The topological polar surface area (TPSA) is 32.3 Å². The van der Waals surface area contributed by atoms with Crippen molar-refractivity contribution in [3.8, 4) is 11.1 Å². The Morgan fingerprint density at radius 1 is 1.03 bits per heavy atom. The van der Waals surface area contributed by atoms with Crippen molar-refractivity contribution in [1.29, 1.82) is 0 Å². The first kappa shape index (κ1) is 22.8. The van der Waals surface area contributed by atoms with Gasteiger partial charge in [0.2, 0.25) is 0 Å². The van der Waals surface area contributed by atoms with Crippen molar-refractivity contribution >= 4 is 23.2 Å². The molecular formula is C24H22ClF3N2O. The van der Waals surface area contributed by atoms with Crippen molar-refractivity contribution in [1.82, 2.24) is 4.90 Å². The van der Waals surface area contributed by atoms with Gasteiger partial charge >= 0.3 is 6.18 Å². The van der Waals surface area contributed by atoms with E-state index in [1.165, 1.54) is 6.07 Å². The number of carbonyl (C=O) groups excluding carboxylic acids is 1. The maximum absolute atomic E-state index is 13.3. The molecule has 3 nitrogen and oxygen atoms in total. The second kappa shape index (κ2) is 9.12. The molecule has 0 bridgehead atoms. The molecule has 0 aliphatic heterocycles. The second-order valence-corrected chi connectivity index (χ2v) is 8.08. The summed E-state index contributed by atoms with van der Waals surface area (Å²) in [6.45, 7) is 2.22. The molecule has 7 heteroatoms. The quantitative estimate of drug-likeness (QED) is 0.476. The summed E-state index contributed by atoms with van der Waals surface area (Å²) in [4.78, 5) is 14.5. The van der Waals surface area contributed by atoms with E-state index >= 15 is 0 Å². The second-order valence-electron chi connectivity index (χ2n) is 7.65. The van der Waals surface area contributed by atoms with E-state index in [1.807, 2.05) is 31.2 Å². The Balaban J connectivity index is 1.93. The van der Waals surface area contributed by atoms with E-state index in [1.54, 1.807) is 37.2 Å². The number of alkyl halides is 3. The molecule has 0 spiro atoms. The number of aryl methyl sites for hydroxylation is 1. The van der Waals surface area contributed by atoms with Crippen LogP contribution in [0.5, 0.6) is 0 Å². The van der Waals surface area contributed by atoms with Crippen molar-refractivity contribution in [3.63, 3.8) is 0 Å². The van der Waals surface area contributed by atoms with Gasteiger partial charge in [-0.15, -0.1) is 0 Å². The fraction of sp³-hybridized carbons (Fsp3) is 0.208. The highest BCUT2D eigenvalue weighted by Crippen LogP contribution is 2.32. The van der Waals surface area contributed by atoms with Gasteiger partial charge in [0, 0.05) is 22.8 Å². The maximum atomic E-state index is 13.3. The lowest BCUT2D eigenvalue weighted by molar-refractivity contribution is -0.137. The van der Waals surface area contributed by atoms with E-state index in [-0.39, 0.29) is 12.1 Å². The molecule has 0 atom stereocenters. The van der Waals surface area contributed by atoms with E-state index in [9.17, 15) is 18.0 Å². The number of hydrogen-bond donors (Lipinski definition) is 1. The van der Waals surface area contributed by atoms with Gasteiger partial charge in [-0.2, -0.15) is 13.2 Å². The van der Waals surface area contributed by atoms with Crippen molar-refractivity contribution in [3.05, 3.63) is 87.9 Å². The first-order valence-corrected chi connectivity index (χ1v) is 9.94. The summed E-state index contributed by atoms with van der Waals surface area (Å²) in [5.74, 6) is -0.605. The first-order valence-electron chi connectivity index (χ1n) is 9.57. The highest BCUT2D eigenvalue weighted by molar-refractivity contribution is 6.30. The molecule has 31 heavy (non-hydrogen) atoms. The third-order valence-electron chi connectivity index (χ3n) is 4.71. The minimum atomic E-state index is -4.54. The van der Waals surface area contributed by atoms with Crippen LogP contribution in [-0.2, 0) is 12.7 Å². The molecule has 0 fully saturated rings. The van der Waals surface area contributed by atoms with Gasteiger partial charge in [-0.25, -0.2) is 0 Å². The molecule has 3 aromatic carbocycles. The van der Waals surface area contributed by atoms with Crippen LogP contribution in [0.15, 0.2) is 60.7 Å². The van der Waals surface area contributed by atoms with Crippen LogP contribution in [0.1, 0.15) is 27.0 Å². The summed E-state index contributed by atoms with van der Waals surface area (Å²) in [7, 11) is 3.51. The van der Waals surface area contributed by atoms with Crippen LogP contribution in [-0.4, -0.2) is 24.9 Å². The summed E-state index contributed by atoms with van der Waals surface area (Å²) < 4.78 is 40.0. The van der Waals surface area contributed by atoms with E-state index in [4.69, 9.17) is 11.6 Å². The molecule has 1 amide bonds. The lowest BCUT2D eigenvalue weighted by Crippen LogP contribution is -2.17. The van der Waals surface area contributed by atoms with E-state index < -0.39 is 17.6 Å². The van der Waals surface area contributed by atoms with Gasteiger partial charge in [-0.05, 0) is 85.7 Å². The summed E-state index contributed by atoms with van der Waals surface area (Å²) in [6.07, 6.45) is -4.54. The molecular weight excluding hydrogens is 425 g/mol. The average molecular weight is 447 g/mol. The van der Waals surface area contributed by atoms with Gasteiger partial charge in [0.25, 0.3) is 5.91 Å². The van der Waals surface area contributed by atoms with Crippen LogP contribution in [0.3, 0.4) is 0 Å². The highest BCUT2D eigenvalue weighted by Gasteiger charge is 2.31. The molecule has 0 aliphatic carbocycles. The standard InChI is InChI=1S/C24H22ClF3N2O/c1-15-7-8-21(13-22(15)17-5-4-6-20(25)12-17)29-23(31)18-9-16(14-30(2)3)10-19(11-18)24(26,27)28/h4-13H,14H2,1-3H3,(H,29,31). The number of rotatable bonds is 5. The smallest absolute Gasteiger partial charge is 0.322 e. The number of halogens is 4. The van der Waals surface area contributed by atoms with Crippen LogP contribution in [0.25, 0.3) is 11.1 Å².